The molecule has 1 amide bonds. The maximum absolute atomic E-state index is 13.4. The number of hydrogen-bond donors (Lipinski definition) is 1. The maximum Gasteiger partial charge on any atom is 0.256 e. The summed E-state index contributed by atoms with van der Waals surface area (Å²) in [4.78, 5) is 12.5. The second kappa shape index (κ2) is 8.71. The Labute approximate surface area is 173 Å². The summed E-state index contributed by atoms with van der Waals surface area (Å²) in [7, 11) is -1.96. The van der Waals surface area contributed by atoms with Crippen LogP contribution in [0, 0.1) is 5.82 Å². The van der Waals surface area contributed by atoms with Gasteiger partial charge in [0, 0.05) is 23.2 Å². The van der Waals surface area contributed by atoms with Gasteiger partial charge in [0.05, 0.1) is 10.5 Å². The van der Waals surface area contributed by atoms with Gasteiger partial charge >= 0.3 is 0 Å². The fraction of sp³-hybridized carbons (Fsp3) is 0.350. The zero-order valence-electron chi connectivity index (χ0n) is 15.5. The summed E-state index contributed by atoms with van der Waals surface area (Å²) in [5.41, 5.74) is 0.592. The summed E-state index contributed by atoms with van der Waals surface area (Å²) >= 11 is 3.22. The number of amides is 1. The van der Waals surface area contributed by atoms with Crippen LogP contribution >= 0.6 is 15.9 Å². The van der Waals surface area contributed by atoms with Crippen LogP contribution in [0.3, 0.4) is 0 Å². The van der Waals surface area contributed by atoms with Gasteiger partial charge in [0.1, 0.15) is 5.82 Å². The van der Waals surface area contributed by atoms with Crippen molar-refractivity contribution < 1.29 is 17.6 Å². The fourth-order valence-electron chi connectivity index (χ4n) is 3.39. The molecule has 0 spiro atoms. The van der Waals surface area contributed by atoms with Crippen LogP contribution in [0.4, 0.5) is 10.1 Å². The molecule has 0 radical (unpaired) electrons. The van der Waals surface area contributed by atoms with Crippen LogP contribution < -0.4 is 5.32 Å². The Morgan fingerprint density at radius 2 is 1.75 bits per heavy atom. The molecule has 1 aliphatic carbocycles. The van der Waals surface area contributed by atoms with E-state index in [1.54, 1.807) is 7.05 Å². The van der Waals surface area contributed by atoms with Crippen molar-refractivity contribution in [2.24, 2.45) is 0 Å². The number of hydrogen-bond acceptors (Lipinski definition) is 3. The Balaban J connectivity index is 1.73. The molecule has 3 rings (SSSR count). The molecule has 1 fully saturated rings. The van der Waals surface area contributed by atoms with E-state index < -0.39 is 21.7 Å². The zero-order valence-corrected chi connectivity index (χ0v) is 17.9. The number of sulfonamides is 1. The van der Waals surface area contributed by atoms with Gasteiger partial charge in [0.15, 0.2) is 0 Å². The molecule has 0 aromatic heterocycles. The van der Waals surface area contributed by atoms with Crippen molar-refractivity contribution in [2.45, 2.75) is 43.0 Å². The topological polar surface area (TPSA) is 66.5 Å². The summed E-state index contributed by atoms with van der Waals surface area (Å²) in [6.45, 7) is 0. The molecular weight excluding hydrogens is 447 g/mol. The van der Waals surface area contributed by atoms with Gasteiger partial charge in [-0.25, -0.2) is 12.8 Å². The molecule has 0 atom stereocenters. The molecule has 0 aliphatic heterocycles. The van der Waals surface area contributed by atoms with Crippen molar-refractivity contribution in [3.8, 4) is 0 Å². The van der Waals surface area contributed by atoms with E-state index in [9.17, 15) is 17.6 Å². The van der Waals surface area contributed by atoms with Crippen LogP contribution in [0.15, 0.2) is 51.8 Å². The van der Waals surface area contributed by atoms with Gasteiger partial charge in [-0.1, -0.05) is 19.3 Å². The van der Waals surface area contributed by atoms with Gasteiger partial charge in [0.25, 0.3) is 5.91 Å². The highest BCUT2D eigenvalue weighted by atomic mass is 79.9. The largest absolute Gasteiger partial charge is 0.322 e. The predicted octanol–water partition coefficient (Wildman–Crippen LogP) is 4.79. The van der Waals surface area contributed by atoms with Crippen molar-refractivity contribution in [2.75, 3.05) is 12.4 Å². The maximum atomic E-state index is 13.4. The molecule has 2 aromatic carbocycles. The van der Waals surface area contributed by atoms with Gasteiger partial charge in [-0.2, -0.15) is 4.31 Å². The molecule has 150 valence electrons. The summed E-state index contributed by atoms with van der Waals surface area (Å²) in [6.07, 6.45) is 5.01. The summed E-state index contributed by atoms with van der Waals surface area (Å²) in [5, 5.41) is 2.65. The van der Waals surface area contributed by atoms with E-state index in [4.69, 9.17) is 0 Å². The van der Waals surface area contributed by atoms with Gasteiger partial charge in [0.2, 0.25) is 10.0 Å². The van der Waals surface area contributed by atoms with Crippen molar-refractivity contribution in [1.29, 1.82) is 0 Å². The normalized spacial score (nSPS) is 15.6. The molecule has 1 aliphatic rings. The average molecular weight is 469 g/mol. The molecule has 0 saturated heterocycles. The summed E-state index contributed by atoms with van der Waals surface area (Å²) < 4.78 is 41.0. The lowest BCUT2D eigenvalue weighted by Crippen LogP contribution is -2.38. The van der Waals surface area contributed by atoms with Crippen LogP contribution in [0.25, 0.3) is 0 Å². The van der Waals surface area contributed by atoms with E-state index in [2.05, 4.69) is 21.2 Å². The second-order valence-electron chi connectivity index (χ2n) is 6.92. The lowest BCUT2D eigenvalue weighted by molar-refractivity contribution is 0.102. The first-order valence-electron chi connectivity index (χ1n) is 9.13. The highest BCUT2D eigenvalue weighted by Crippen LogP contribution is 2.27. The average Bonchev–Trinajstić information content (AvgIpc) is 2.70. The van der Waals surface area contributed by atoms with Gasteiger partial charge in [-0.15, -0.1) is 0 Å². The number of carbonyl (C=O) groups is 1. The van der Waals surface area contributed by atoms with Crippen molar-refractivity contribution >= 4 is 37.5 Å². The number of rotatable bonds is 5. The lowest BCUT2D eigenvalue weighted by atomic mass is 9.96. The highest BCUT2D eigenvalue weighted by Gasteiger charge is 2.29. The fourth-order valence-corrected chi connectivity index (χ4v) is 5.23. The Hall–Kier alpha value is -1.77. The van der Waals surface area contributed by atoms with Crippen LogP contribution in [-0.4, -0.2) is 31.7 Å². The molecule has 2 aromatic rings. The molecule has 0 heterocycles. The highest BCUT2D eigenvalue weighted by molar-refractivity contribution is 9.10. The first-order chi connectivity index (χ1) is 13.3. The Morgan fingerprint density at radius 1 is 1.11 bits per heavy atom. The molecule has 0 bridgehead atoms. The number of anilines is 1. The molecule has 5 nitrogen and oxygen atoms in total. The first-order valence-corrected chi connectivity index (χ1v) is 11.4. The smallest absolute Gasteiger partial charge is 0.256 e. The van der Waals surface area contributed by atoms with Crippen LogP contribution in [0.2, 0.25) is 0 Å². The third-order valence-corrected chi connectivity index (χ3v) is 7.67. The monoisotopic (exact) mass is 468 g/mol. The predicted molar refractivity (Wildman–Crippen MR) is 110 cm³/mol. The van der Waals surface area contributed by atoms with Crippen molar-refractivity contribution in [1.82, 2.24) is 4.31 Å². The van der Waals surface area contributed by atoms with Gasteiger partial charge in [-0.3, -0.25) is 4.79 Å². The standard InChI is InChI=1S/C20H22BrFN2O3S/c1-24(16-5-3-2-4-6-16)28(26,27)17-10-8-15(9-11-17)23-20(25)18-13-14(22)7-12-19(18)21/h7-13,16H,2-6H2,1H3,(H,23,25). The third-order valence-electron chi connectivity index (χ3n) is 5.05. The van der Waals surface area contributed by atoms with Crippen LogP contribution in [0.5, 0.6) is 0 Å². The van der Waals surface area contributed by atoms with Gasteiger partial charge in [-0.05, 0) is 71.2 Å². The zero-order chi connectivity index (χ0) is 20.3. The number of carbonyl (C=O) groups excluding carboxylic acids is 1. The Morgan fingerprint density at radius 3 is 2.39 bits per heavy atom. The molecule has 1 saturated carbocycles. The Kier molecular flexibility index (Phi) is 6.52. The van der Waals surface area contributed by atoms with E-state index in [0.29, 0.717) is 10.2 Å². The minimum Gasteiger partial charge on any atom is -0.322 e. The second-order valence-corrected chi connectivity index (χ2v) is 9.77. The Bertz CT molecular complexity index is 958. The van der Waals surface area contributed by atoms with Crippen LogP contribution in [-0.2, 0) is 10.0 Å². The van der Waals surface area contributed by atoms with Crippen molar-refractivity contribution in [3.63, 3.8) is 0 Å². The quantitative estimate of drug-likeness (QED) is 0.685. The molecule has 8 heteroatoms. The summed E-state index contributed by atoms with van der Waals surface area (Å²) in [6, 6.07) is 9.90. The summed E-state index contributed by atoms with van der Waals surface area (Å²) in [5.74, 6) is -0.998. The third kappa shape index (κ3) is 4.61. The molecule has 28 heavy (non-hydrogen) atoms. The van der Waals surface area contributed by atoms with Gasteiger partial charge < -0.3 is 5.32 Å². The van der Waals surface area contributed by atoms with Crippen LogP contribution in [0.1, 0.15) is 42.5 Å². The number of benzene rings is 2. The van der Waals surface area contributed by atoms with E-state index >= 15 is 0 Å². The number of halogens is 2. The van der Waals surface area contributed by atoms with E-state index in [1.807, 2.05) is 0 Å². The SMILES string of the molecule is CN(C1CCCCC1)S(=O)(=O)c1ccc(NC(=O)c2cc(F)ccc2Br)cc1. The number of nitrogens with one attached hydrogen (secondary N) is 1. The lowest BCUT2D eigenvalue weighted by Gasteiger charge is -2.30. The minimum atomic E-state index is -3.58. The van der Waals surface area contributed by atoms with E-state index in [-0.39, 0.29) is 16.5 Å². The van der Waals surface area contributed by atoms with Crippen molar-refractivity contribution in [3.05, 3.63) is 58.3 Å². The van der Waals surface area contributed by atoms with E-state index in [1.165, 1.54) is 40.7 Å². The minimum absolute atomic E-state index is 0.0310. The van der Waals surface area contributed by atoms with E-state index in [0.717, 1.165) is 38.2 Å². The first kappa shape index (κ1) is 21.0. The molecular formula is C20H22BrFN2O3S. The number of nitrogens with zero attached hydrogens (tertiary/aromatic N) is 1. The molecule has 1 N–H and O–H groups in total. The molecule has 0 unspecified atom stereocenters.